The monoisotopic (exact) mass is 296 g/mol. The minimum absolute atomic E-state index is 0.380. The molecule has 2 heterocycles. The van der Waals surface area contributed by atoms with Crippen LogP contribution in [0.1, 0.15) is 30.8 Å². The van der Waals surface area contributed by atoms with Gasteiger partial charge in [0.1, 0.15) is 6.04 Å². The van der Waals surface area contributed by atoms with E-state index in [1.54, 1.807) is 18.3 Å². The molecule has 0 fully saturated rings. The number of nitrogens with one attached hydrogen (secondary N) is 1. The van der Waals surface area contributed by atoms with Gasteiger partial charge in [-0.15, -0.1) is 10.2 Å². The van der Waals surface area contributed by atoms with Crippen LogP contribution < -0.4 is 16.0 Å². The molecule has 2 aromatic rings. The van der Waals surface area contributed by atoms with Gasteiger partial charge >= 0.3 is 0 Å². The molecule has 0 bridgehead atoms. The molecule has 1 unspecified atom stereocenters. The predicted molar refractivity (Wildman–Crippen MR) is 75.3 cm³/mol. The third kappa shape index (κ3) is 2.90. The van der Waals surface area contributed by atoms with Crippen molar-refractivity contribution in [3.05, 3.63) is 34.7 Å². The molecule has 3 N–H and O–H groups in total. The summed E-state index contributed by atoms with van der Waals surface area (Å²) in [6.45, 7) is 2.82. The second-order valence-corrected chi connectivity index (χ2v) is 4.61. The minimum atomic E-state index is -0.380. The van der Waals surface area contributed by atoms with Crippen molar-refractivity contribution in [2.75, 3.05) is 7.11 Å². The molecular weight excluding hydrogens is 280 g/mol. The number of nitrogens with zero attached hydrogens (tertiary/aromatic N) is 4. The second-order valence-electron chi connectivity index (χ2n) is 4.20. The minimum Gasteiger partial charge on any atom is -0.480 e. The Kier molecular flexibility index (Phi) is 4.89. The molecule has 8 heteroatoms. The van der Waals surface area contributed by atoms with E-state index in [1.165, 1.54) is 7.11 Å². The van der Waals surface area contributed by atoms with Gasteiger partial charge in [0.15, 0.2) is 0 Å². The second kappa shape index (κ2) is 6.65. The van der Waals surface area contributed by atoms with E-state index in [0.29, 0.717) is 16.6 Å². The number of aryl methyl sites for hydroxylation is 1. The molecule has 0 aliphatic carbocycles. The maximum atomic E-state index is 6.21. The Balaban J connectivity index is 2.38. The first-order valence-electron chi connectivity index (χ1n) is 6.26. The number of hydrogen-bond acceptors (Lipinski definition) is 6. The molecular formula is C12H17ClN6O. The fraction of sp³-hybridized carbons (Fsp3) is 0.417. The van der Waals surface area contributed by atoms with Crippen molar-refractivity contribution < 1.29 is 4.74 Å². The van der Waals surface area contributed by atoms with Crippen molar-refractivity contribution in [1.82, 2.24) is 25.4 Å². The molecule has 0 amide bonds. The Morgan fingerprint density at radius 3 is 2.80 bits per heavy atom. The van der Waals surface area contributed by atoms with E-state index in [4.69, 9.17) is 22.2 Å². The fourth-order valence-corrected chi connectivity index (χ4v) is 2.20. The zero-order valence-corrected chi connectivity index (χ0v) is 12.1. The van der Waals surface area contributed by atoms with Crippen LogP contribution >= 0.6 is 11.6 Å². The number of methoxy groups -OCH3 is 1. The average molecular weight is 297 g/mol. The van der Waals surface area contributed by atoms with Gasteiger partial charge in [-0.3, -0.25) is 10.5 Å². The van der Waals surface area contributed by atoms with E-state index in [-0.39, 0.29) is 6.04 Å². The molecule has 0 spiro atoms. The summed E-state index contributed by atoms with van der Waals surface area (Å²) in [5.41, 5.74) is 4.13. The van der Waals surface area contributed by atoms with Crippen molar-refractivity contribution in [2.24, 2.45) is 5.84 Å². The third-order valence-corrected chi connectivity index (χ3v) is 3.17. The van der Waals surface area contributed by atoms with Crippen molar-refractivity contribution in [3.8, 4) is 5.88 Å². The molecule has 108 valence electrons. The highest BCUT2D eigenvalue weighted by atomic mass is 35.5. The van der Waals surface area contributed by atoms with Gasteiger partial charge in [0.05, 0.1) is 29.7 Å². The van der Waals surface area contributed by atoms with Crippen LogP contribution in [0.2, 0.25) is 5.02 Å². The molecule has 0 aliphatic rings. The van der Waals surface area contributed by atoms with Crippen LogP contribution in [0.15, 0.2) is 18.3 Å². The molecule has 0 radical (unpaired) electrons. The highest BCUT2D eigenvalue weighted by Gasteiger charge is 2.22. The largest absolute Gasteiger partial charge is 0.480 e. The highest BCUT2D eigenvalue weighted by Crippen LogP contribution is 2.27. The summed E-state index contributed by atoms with van der Waals surface area (Å²) < 4.78 is 6.81. The first kappa shape index (κ1) is 14.7. The zero-order valence-electron chi connectivity index (χ0n) is 11.4. The normalized spacial score (nSPS) is 12.4. The highest BCUT2D eigenvalue weighted by molar-refractivity contribution is 6.31. The molecule has 0 aromatic carbocycles. The van der Waals surface area contributed by atoms with Gasteiger partial charge in [-0.05, 0) is 12.5 Å². The molecule has 7 nitrogen and oxygen atoms in total. The molecule has 0 saturated carbocycles. The Bertz CT molecular complexity index is 556. The summed E-state index contributed by atoms with van der Waals surface area (Å²) in [6.07, 6.45) is 2.55. The van der Waals surface area contributed by atoms with Gasteiger partial charge in [-0.25, -0.2) is 5.43 Å². The summed E-state index contributed by atoms with van der Waals surface area (Å²) in [6, 6.07) is 3.13. The van der Waals surface area contributed by atoms with Crippen LogP contribution in [0, 0.1) is 0 Å². The smallest absolute Gasteiger partial charge is 0.233 e. The summed E-state index contributed by atoms with van der Waals surface area (Å²) in [4.78, 5) is 0. The summed E-state index contributed by atoms with van der Waals surface area (Å²) in [7, 11) is 1.54. The number of ether oxygens (including phenoxy) is 1. The number of rotatable bonds is 6. The first-order chi connectivity index (χ1) is 9.71. The van der Waals surface area contributed by atoms with E-state index in [9.17, 15) is 0 Å². The summed E-state index contributed by atoms with van der Waals surface area (Å²) >= 11 is 6.21. The van der Waals surface area contributed by atoms with E-state index < -0.39 is 0 Å². The Hall–Kier alpha value is -1.70. The lowest BCUT2D eigenvalue weighted by Crippen LogP contribution is -2.31. The van der Waals surface area contributed by atoms with E-state index >= 15 is 0 Å². The lowest BCUT2D eigenvalue weighted by atomic mass is 10.1. The van der Waals surface area contributed by atoms with Gasteiger partial charge in [0.25, 0.3) is 0 Å². The molecule has 0 aliphatic heterocycles. The maximum absolute atomic E-state index is 6.21. The number of hydrazine groups is 1. The first-order valence-corrected chi connectivity index (χ1v) is 6.64. The van der Waals surface area contributed by atoms with Gasteiger partial charge in [0, 0.05) is 12.6 Å². The molecule has 1 atom stereocenters. The van der Waals surface area contributed by atoms with Gasteiger partial charge in [0.2, 0.25) is 5.88 Å². The van der Waals surface area contributed by atoms with Crippen molar-refractivity contribution in [1.29, 1.82) is 0 Å². The number of nitrogens with two attached hydrogens (primary N) is 1. The van der Waals surface area contributed by atoms with Crippen LogP contribution in [0.3, 0.4) is 0 Å². The lowest BCUT2D eigenvalue weighted by Gasteiger charge is -2.17. The van der Waals surface area contributed by atoms with Gasteiger partial charge in [-0.2, -0.15) is 5.10 Å². The van der Waals surface area contributed by atoms with Crippen LogP contribution in [-0.2, 0) is 6.54 Å². The number of aromatic nitrogens is 4. The molecule has 0 saturated heterocycles. The third-order valence-electron chi connectivity index (χ3n) is 2.87. The zero-order chi connectivity index (χ0) is 14.5. The van der Waals surface area contributed by atoms with Gasteiger partial charge < -0.3 is 4.74 Å². The molecule has 2 aromatic heterocycles. The quantitative estimate of drug-likeness (QED) is 0.617. The summed E-state index contributed by atoms with van der Waals surface area (Å²) in [5, 5.41) is 12.8. The maximum Gasteiger partial charge on any atom is 0.233 e. The van der Waals surface area contributed by atoms with E-state index in [1.807, 2.05) is 4.68 Å². The van der Waals surface area contributed by atoms with Gasteiger partial charge in [-0.1, -0.05) is 18.5 Å². The Labute approximate surface area is 122 Å². The fourth-order valence-electron chi connectivity index (χ4n) is 1.95. The summed E-state index contributed by atoms with van der Waals surface area (Å²) in [5.74, 6) is 6.09. The van der Waals surface area contributed by atoms with Crippen LogP contribution in [0.4, 0.5) is 0 Å². The van der Waals surface area contributed by atoms with E-state index in [2.05, 4.69) is 27.6 Å². The van der Waals surface area contributed by atoms with Crippen molar-refractivity contribution in [3.63, 3.8) is 0 Å². The Morgan fingerprint density at radius 2 is 2.25 bits per heavy atom. The topological polar surface area (TPSA) is 90.9 Å². The molecule has 2 rings (SSSR count). The van der Waals surface area contributed by atoms with Crippen molar-refractivity contribution >= 4 is 11.6 Å². The van der Waals surface area contributed by atoms with Crippen LogP contribution in [0.5, 0.6) is 5.88 Å². The average Bonchev–Trinajstić information content (AvgIpc) is 2.83. The van der Waals surface area contributed by atoms with Crippen LogP contribution in [-0.4, -0.2) is 27.1 Å². The van der Waals surface area contributed by atoms with E-state index in [0.717, 1.165) is 18.7 Å². The molecule has 20 heavy (non-hydrogen) atoms. The predicted octanol–water partition coefficient (Wildman–Crippen LogP) is 1.30. The number of hydrogen-bond donors (Lipinski definition) is 2. The Morgan fingerprint density at radius 1 is 1.45 bits per heavy atom. The standard InChI is InChI=1S/C12H17ClN6O/c1-3-6-19-12(8(13)7-15-19)11(16-14)9-4-5-10(20-2)18-17-9/h4-5,7,11,16H,3,6,14H2,1-2H3. The SMILES string of the molecule is CCCn1ncc(Cl)c1C(NN)c1ccc(OC)nn1. The number of halogens is 1. The van der Waals surface area contributed by atoms with Crippen LogP contribution in [0.25, 0.3) is 0 Å². The lowest BCUT2D eigenvalue weighted by molar-refractivity contribution is 0.389. The van der Waals surface area contributed by atoms with Crippen molar-refractivity contribution in [2.45, 2.75) is 25.9 Å².